The number of carbonyl (C=O) groups is 2. The molecule has 1 aromatic carbocycles. The van der Waals surface area contributed by atoms with Crippen molar-refractivity contribution in [2.24, 2.45) is 0 Å². The van der Waals surface area contributed by atoms with Gasteiger partial charge in [0.15, 0.2) is 0 Å². The van der Waals surface area contributed by atoms with E-state index >= 15 is 0 Å². The summed E-state index contributed by atoms with van der Waals surface area (Å²) in [6.07, 6.45) is 0.865. The summed E-state index contributed by atoms with van der Waals surface area (Å²) in [5.41, 5.74) is 1.91. The van der Waals surface area contributed by atoms with Gasteiger partial charge < -0.3 is 20.1 Å². The summed E-state index contributed by atoms with van der Waals surface area (Å²) in [7, 11) is 0. The average molecular weight is 402 g/mol. The molecule has 29 heavy (non-hydrogen) atoms. The van der Waals surface area contributed by atoms with Gasteiger partial charge in [0.1, 0.15) is 0 Å². The number of para-hydroxylation sites is 1. The van der Waals surface area contributed by atoms with Crippen LogP contribution in [-0.2, 0) is 9.53 Å². The topological polar surface area (TPSA) is 85.4 Å². The summed E-state index contributed by atoms with van der Waals surface area (Å²) < 4.78 is 5.36. The Kier molecular flexibility index (Phi) is 6.03. The number of likely N-dealkylation sites (tertiary alicyclic amines) is 1. The predicted octanol–water partition coefficient (Wildman–Crippen LogP) is 0.614. The largest absolute Gasteiger partial charge is 0.394 e. The number of amides is 3. The molecule has 2 fully saturated rings. The predicted molar refractivity (Wildman–Crippen MR) is 109 cm³/mol. The van der Waals surface area contributed by atoms with Gasteiger partial charge >= 0.3 is 6.03 Å². The number of urea groups is 1. The molecule has 0 bridgehead atoms. The molecule has 0 saturated carbocycles. The van der Waals surface area contributed by atoms with Crippen molar-refractivity contribution in [1.29, 1.82) is 0 Å². The molecule has 2 saturated heterocycles. The number of carbonyl (C=O) groups excluding carboxylic acids is 2. The molecule has 8 heteroatoms. The molecule has 2 N–H and O–H groups in total. The summed E-state index contributed by atoms with van der Waals surface area (Å²) in [6, 6.07) is 7.36. The Hall–Kier alpha value is -2.16. The number of hydrogen-bond donors (Lipinski definition) is 2. The van der Waals surface area contributed by atoms with E-state index in [0.717, 1.165) is 30.8 Å². The highest BCUT2D eigenvalue weighted by atomic mass is 16.5. The zero-order chi connectivity index (χ0) is 20.4. The Morgan fingerprint density at radius 1 is 1.24 bits per heavy atom. The second-order valence-corrected chi connectivity index (χ2v) is 7.93. The standard InChI is InChI=1S/C21H30N4O4/c1-2-7-22-21(28)24-12-17-20(15-5-3-4-6-16(15)24)18(14-26)25(17)19(27)13-23-8-10-29-11-9-23/h3-6,17-18,20,26H,2,7-14H2,1H3,(H,22,28)/t17-,18-,20+/m1/s1. The summed E-state index contributed by atoms with van der Waals surface area (Å²) >= 11 is 0. The van der Waals surface area contributed by atoms with Crippen molar-refractivity contribution in [3.05, 3.63) is 29.8 Å². The summed E-state index contributed by atoms with van der Waals surface area (Å²) in [4.78, 5) is 31.5. The van der Waals surface area contributed by atoms with Gasteiger partial charge in [-0.15, -0.1) is 0 Å². The van der Waals surface area contributed by atoms with Gasteiger partial charge in [-0.25, -0.2) is 4.79 Å². The van der Waals surface area contributed by atoms with Gasteiger partial charge in [-0.2, -0.15) is 0 Å². The number of ether oxygens (including phenoxy) is 1. The smallest absolute Gasteiger partial charge is 0.321 e. The van der Waals surface area contributed by atoms with Crippen LogP contribution in [0.4, 0.5) is 10.5 Å². The molecule has 3 heterocycles. The van der Waals surface area contributed by atoms with Gasteiger partial charge in [0, 0.05) is 37.8 Å². The van der Waals surface area contributed by atoms with Crippen LogP contribution >= 0.6 is 0 Å². The quantitative estimate of drug-likeness (QED) is 0.754. The second kappa shape index (κ2) is 8.69. The normalized spacial score (nSPS) is 26.3. The SMILES string of the molecule is CCCNC(=O)N1C[C@@H]2[C@H](c3ccccc31)[C@@H](CO)N2C(=O)CN1CCOCC1. The van der Waals surface area contributed by atoms with Crippen LogP contribution in [0.3, 0.4) is 0 Å². The molecule has 0 radical (unpaired) electrons. The molecule has 3 amide bonds. The maximum atomic E-state index is 13.1. The van der Waals surface area contributed by atoms with Crippen molar-refractivity contribution in [3.63, 3.8) is 0 Å². The van der Waals surface area contributed by atoms with Gasteiger partial charge in [-0.05, 0) is 18.1 Å². The summed E-state index contributed by atoms with van der Waals surface area (Å²) in [5, 5.41) is 13.0. The number of fused-ring (bicyclic) bond motifs is 3. The summed E-state index contributed by atoms with van der Waals surface area (Å²) in [5.74, 6) is 0.0700. The average Bonchev–Trinajstić information content (AvgIpc) is 2.73. The lowest BCUT2D eigenvalue weighted by Crippen LogP contribution is -2.72. The van der Waals surface area contributed by atoms with E-state index < -0.39 is 0 Å². The number of anilines is 1. The third-order valence-electron chi connectivity index (χ3n) is 6.21. The minimum Gasteiger partial charge on any atom is -0.394 e. The first-order valence-corrected chi connectivity index (χ1v) is 10.5. The molecular weight excluding hydrogens is 372 g/mol. The Morgan fingerprint density at radius 2 is 2.00 bits per heavy atom. The molecule has 8 nitrogen and oxygen atoms in total. The molecule has 3 aliphatic rings. The van der Waals surface area contributed by atoms with E-state index in [2.05, 4.69) is 10.2 Å². The number of benzene rings is 1. The van der Waals surface area contributed by atoms with E-state index in [4.69, 9.17) is 4.74 Å². The number of morpholine rings is 1. The van der Waals surface area contributed by atoms with Crippen molar-refractivity contribution < 1.29 is 19.4 Å². The van der Waals surface area contributed by atoms with E-state index in [0.29, 0.717) is 32.8 Å². The Bertz CT molecular complexity index is 752. The van der Waals surface area contributed by atoms with Gasteiger partial charge in [0.05, 0.1) is 38.4 Å². The molecule has 4 rings (SSSR count). The first-order valence-electron chi connectivity index (χ1n) is 10.5. The van der Waals surface area contributed by atoms with Crippen molar-refractivity contribution >= 4 is 17.6 Å². The van der Waals surface area contributed by atoms with Gasteiger partial charge in [-0.3, -0.25) is 14.6 Å². The number of aliphatic hydroxyl groups is 1. The number of hydrogen-bond acceptors (Lipinski definition) is 5. The van der Waals surface area contributed by atoms with E-state index in [-0.39, 0.29) is 36.5 Å². The second-order valence-electron chi connectivity index (χ2n) is 7.93. The van der Waals surface area contributed by atoms with Crippen LogP contribution in [-0.4, -0.2) is 91.5 Å². The summed E-state index contributed by atoms with van der Waals surface area (Å²) in [6.45, 7) is 6.09. The maximum absolute atomic E-state index is 13.1. The Morgan fingerprint density at radius 3 is 2.72 bits per heavy atom. The van der Waals surface area contributed by atoms with Gasteiger partial charge in [0.25, 0.3) is 0 Å². The van der Waals surface area contributed by atoms with E-state index in [1.165, 1.54) is 0 Å². The maximum Gasteiger partial charge on any atom is 0.321 e. The van der Waals surface area contributed by atoms with Crippen LogP contribution in [0.2, 0.25) is 0 Å². The van der Waals surface area contributed by atoms with Crippen LogP contribution in [0.25, 0.3) is 0 Å². The van der Waals surface area contributed by atoms with Crippen LogP contribution in [0.5, 0.6) is 0 Å². The van der Waals surface area contributed by atoms with Crippen molar-refractivity contribution in [2.75, 3.05) is 57.4 Å². The molecule has 1 aromatic rings. The minimum atomic E-state index is -0.240. The lowest BCUT2D eigenvalue weighted by atomic mass is 9.72. The molecule has 0 unspecified atom stereocenters. The fraction of sp³-hybridized carbons (Fsp3) is 0.619. The first-order chi connectivity index (χ1) is 14.2. The lowest BCUT2D eigenvalue weighted by Gasteiger charge is -2.59. The Balaban J connectivity index is 1.56. The lowest BCUT2D eigenvalue weighted by molar-refractivity contribution is -0.152. The monoisotopic (exact) mass is 402 g/mol. The van der Waals surface area contributed by atoms with Crippen LogP contribution in [0, 0.1) is 0 Å². The van der Waals surface area contributed by atoms with Crippen LogP contribution in [0.15, 0.2) is 24.3 Å². The number of rotatable bonds is 5. The Labute approximate surface area is 171 Å². The number of aliphatic hydroxyl groups excluding tert-OH is 1. The number of nitrogens with zero attached hydrogens (tertiary/aromatic N) is 3. The molecule has 0 aromatic heterocycles. The highest BCUT2D eigenvalue weighted by Crippen LogP contribution is 2.48. The molecule has 0 aliphatic carbocycles. The minimum absolute atomic E-state index is 0.0143. The van der Waals surface area contributed by atoms with E-state index in [1.807, 2.05) is 31.2 Å². The van der Waals surface area contributed by atoms with E-state index in [9.17, 15) is 14.7 Å². The third kappa shape index (κ3) is 3.72. The van der Waals surface area contributed by atoms with Crippen molar-refractivity contribution in [2.45, 2.75) is 31.3 Å². The zero-order valence-corrected chi connectivity index (χ0v) is 16.9. The van der Waals surface area contributed by atoms with E-state index in [1.54, 1.807) is 9.80 Å². The molecule has 3 atom stereocenters. The van der Waals surface area contributed by atoms with Crippen molar-refractivity contribution in [1.82, 2.24) is 15.1 Å². The van der Waals surface area contributed by atoms with Crippen molar-refractivity contribution in [3.8, 4) is 0 Å². The fourth-order valence-electron chi connectivity index (χ4n) is 4.79. The van der Waals surface area contributed by atoms with Gasteiger partial charge in [-0.1, -0.05) is 25.1 Å². The third-order valence-corrected chi connectivity index (χ3v) is 6.21. The number of nitrogens with one attached hydrogen (secondary N) is 1. The molecule has 158 valence electrons. The highest BCUT2D eigenvalue weighted by molar-refractivity contribution is 5.94. The molecule has 0 spiro atoms. The first kappa shape index (κ1) is 20.1. The van der Waals surface area contributed by atoms with Gasteiger partial charge in [0.2, 0.25) is 5.91 Å². The highest BCUT2D eigenvalue weighted by Gasteiger charge is 2.55. The molecule has 3 aliphatic heterocycles. The van der Waals surface area contributed by atoms with Crippen LogP contribution in [0.1, 0.15) is 24.8 Å². The molecular formula is C21H30N4O4. The van der Waals surface area contributed by atoms with Crippen LogP contribution < -0.4 is 10.2 Å². The zero-order valence-electron chi connectivity index (χ0n) is 16.9. The fourth-order valence-corrected chi connectivity index (χ4v) is 4.79.